The fourth-order valence-electron chi connectivity index (χ4n) is 4.00. The van der Waals surface area contributed by atoms with Crippen molar-refractivity contribution in [1.82, 2.24) is 5.32 Å². The molecule has 4 rings (SSSR count). The third-order valence-electron chi connectivity index (χ3n) is 5.80. The second-order valence-corrected chi connectivity index (χ2v) is 8.41. The van der Waals surface area contributed by atoms with Crippen LogP contribution in [0.2, 0.25) is 0 Å². The molecule has 0 fully saturated rings. The number of fused-ring (bicyclic) bond motifs is 1. The van der Waals surface area contributed by atoms with E-state index in [-0.39, 0.29) is 0 Å². The number of anilines is 1. The Morgan fingerprint density at radius 2 is 1.77 bits per heavy atom. The molecule has 0 radical (unpaired) electrons. The van der Waals surface area contributed by atoms with Gasteiger partial charge in [0.15, 0.2) is 0 Å². The van der Waals surface area contributed by atoms with Crippen molar-refractivity contribution in [2.45, 2.75) is 39.2 Å². The number of benzene rings is 3. The Hall–Kier alpha value is -3.27. The molecule has 0 unspecified atom stereocenters. The van der Waals surface area contributed by atoms with Crippen molar-refractivity contribution >= 4 is 11.8 Å². The van der Waals surface area contributed by atoms with Crippen LogP contribution in [0.5, 0.6) is 5.75 Å². The SMILES string of the molecule is CC(C)c1ccc(CCNC(=O)Oc2ccc3c(c2)CCN3Cc2ccccc2)cc1. The molecule has 1 heterocycles. The first-order valence-corrected chi connectivity index (χ1v) is 11.0. The highest BCUT2D eigenvalue weighted by atomic mass is 16.6. The second-order valence-electron chi connectivity index (χ2n) is 8.41. The predicted octanol–water partition coefficient (Wildman–Crippen LogP) is 5.70. The van der Waals surface area contributed by atoms with E-state index in [0.29, 0.717) is 18.2 Å². The Morgan fingerprint density at radius 3 is 2.52 bits per heavy atom. The van der Waals surface area contributed by atoms with Gasteiger partial charge in [0.1, 0.15) is 5.75 Å². The number of rotatable bonds is 7. The number of amides is 1. The van der Waals surface area contributed by atoms with Gasteiger partial charge in [-0.3, -0.25) is 0 Å². The monoisotopic (exact) mass is 414 g/mol. The molecule has 0 aliphatic carbocycles. The van der Waals surface area contributed by atoms with Crippen LogP contribution in [0.4, 0.5) is 10.5 Å². The van der Waals surface area contributed by atoms with E-state index >= 15 is 0 Å². The van der Waals surface area contributed by atoms with Crippen LogP contribution in [0.25, 0.3) is 0 Å². The highest BCUT2D eigenvalue weighted by Gasteiger charge is 2.20. The van der Waals surface area contributed by atoms with Gasteiger partial charge in [0.25, 0.3) is 0 Å². The number of carbonyl (C=O) groups is 1. The number of carbonyl (C=O) groups excluding carboxylic acids is 1. The first-order chi connectivity index (χ1) is 15.1. The summed E-state index contributed by atoms with van der Waals surface area (Å²) in [5, 5.41) is 2.85. The maximum absolute atomic E-state index is 12.2. The zero-order chi connectivity index (χ0) is 21.6. The number of ether oxygens (including phenoxy) is 1. The lowest BCUT2D eigenvalue weighted by molar-refractivity contribution is 0.200. The van der Waals surface area contributed by atoms with Gasteiger partial charge in [0.05, 0.1) is 0 Å². The quantitative estimate of drug-likeness (QED) is 0.539. The van der Waals surface area contributed by atoms with Gasteiger partial charge in [0, 0.05) is 25.3 Å². The van der Waals surface area contributed by atoms with Gasteiger partial charge in [-0.2, -0.15) is 0 Å². The molecule has 0 saturated carbocycles. The maximum Gasteiger partial charge on any atom is 0.412 e. The van der Waals surface area contributed by atoms with E-state index in [1.165, 1.54) is 27.9 Å². The summed E-state index contributed by atoms with van der Waals surface area (Å²) in [4.78, 5) is 14.6. The fourth-order valence-corrected chi connectivity index (χ4v) is 4.00. The molecule has 4 heteroatoms. The van der Waals surface area contributed by atoms with E-state index in [2.05, 4.69) is 78.7 Å². The molecule has 0 aromatic heterocycles. The second kappa shape index (κ2) is 9.69. The smallest absolute Gasteiger partial charge is 0.410 e. The summed E-state index contributed by atoms with van der Waals surface area (Å²) in [6, 6.07) is 25.0. The van der Waals surface area contributed by atoms with Crippen LogP contribution in [0.3, 0.4) is 0 Å². The molecular weight excluding hydrogens is 384 g/mol. The summed E-state index contributed by atoms with van der Waals surface area (Å²) in [5.41, 5.74) is 6.29. The van der Waals surface area contributed by atoms with Gasteiger partial charge in [0.2, 0.25) is 0 Å². The van der Waals surface area contributed by atoms with Crippen molar-refractivity contribution in [2.75, 3.05) is 18.0 Å². The van der Waals surface area contributed by atoms with Gasteiger partial charge in [-0.25, -0.2) is 4.79 Å². The van der Waals surface area contributed by atoms with Gasteiger partial charge in [-0.15, -0.1) is 0 Å². The summed E-state index contributed by atoms with van der Waals surface area (Å²) >= 11 is 0. The summed E-state index contributed by atoms with van der Waals surface area (Å²) in [7, 11) is 0. The minimum atomic E-state index is -0.405. The number of nitrogens with one attached hydrogen (secondary N) is 1. The predicted molar refractivity (Wildman–Crippen MR) is 126 cm³/mol. The molecule has 1 N–H and O–H groups in total. The number of nitrogens with zero attached hydrogens (tertiary/aromatic N) is 1. The minimum Gasteiger partial charge on any atom is -0.410 e. The maximum atomic E-state index is 12.2. The van der Waals surface area contributed by atoms with E-state index < -0.39 is 6.09 Å². The van der Waals surface area contributed by atoms with Crippen LogP contribution in [-0.2, 0) is 19.4 Å². The highest BCUT2D eigenvalue weighted by molar-refractivity contribution is 5.71. The van der Waals surface area contributed by atoms with E-state index in [4.69, 9.17) is 4.74 Å². The van der Waals surface area contributed by atoms with Gasteiger partial charge in [-0.05, 0) is 59.2 Å². The van der Waals surface area contributed by atoms with E-state index in [1.807, 2.05) is 18.2 Å². The molecule has 3 aromatic rings. The Balaban J connectivity index is 1.27. The molecule has 0 spiro atoms. The van der Waals surface area contributed by atoms with Gasteiger partial charge < -0.3 is 15.0 Å². The highest BCUT2D eigenvalue weighted by Crippen LogP contribution is 2.32. The fraction of sp³-hybridized carbons (Fsp3) is 0.296. The largest absolute Gasteiger partial charge is 0.412 e. The molecule has 160 valence electrons. The van der Waals surface area contributed by atoms with Crippen molar-refractivity contribution in [3.63, 3.8) is 0 Å². The zero-order valence-corrected chi connectivity index (χ0v) is 18.3. The molecular formula is C27H30N2O2. The molecule has 31 heavy (non-hydrogen) atoms. The topological polar surface area (TPSA) is 41.6 Å². The Bertz CT molecular complexity index is 1010. The lowest BCUT2D eigenvalue weighted by Gasteiger charge is -2.19. The third kappa shape index (κ3) is 5.46. The molecule has 4 nitrogen and oxygen atoms in total. The molecule has 0 saturated heterocycles. The first kappa shape index (κ1) is 21.0. The lowest BCUT2D eigenvalue weighted by atomic mass is 10.0. The lowest BCUT2D eigenvalue weighted by Crippen LogP contribution is -2.28. The summed E-state index contributed by atoms with van der Waals surface area (Å²) in [5.74, 6) is 1.12. The average Bonchev–Trinajstić information content (AvgIpc) is 3.16. The van der Waals surface area contributed by atoms with E-state index in [0.717, 1.165) is 25.9 Å². The van der Waals surface area contributed by atoms with E-state index in [9.17, 15) is 4.79 Å². The molecule has 1 aliphatic heterocycles. The molecule has 1 amide bonds. The summed E-state index contributed by atoms with van der Waals surface area (Å²) < 4.78 is 5.51. The van der Waals surface area contributed by atoms with Gasteiger partial charge in [-0.1, -0.05) is 68.4 Å². The van der Waals surface area contributed by atoms with E-state index in [1.54, 1.807) is 0 Å². The number of hydrogen-bond donors (Lipinski definition) is 1. The zero-order valence-electron chi connectivity index (χ0n) is 18.3. The number of hydrogen-bond acceptors (Lipinski definition) is 3. The van der Waals surface area contributed by atoms with Crippen molar-refractivity contribution in [3.8, 4) is 5.75 Å². The van der Waals surface area contributed by atoms with Crippen molar-refractivity contribution < 1.29 is 9.53 Å². The van der Waals surface area contributed by atoms with Gasteiger partial charge >= 0.3 is 6.09 Å². The van der Waals surface area contributed by atoms with Crippen molar-refractivity contribution in [1.29, 1.82) is 0 Å². The van der Waals surface area contributed by atoms with Crippen LogP contribution in [0.1, 0.15) is 42.0 Å². The van der Waals surface area contributed by atoms with Crippen molar-refractivity contribution in [2.24, 2.45) is 0 Å². The van der Waals surface area contributed by atoms with Crippen LogP contribution >= 0.6 is 0 Å². The standard InChI is InChI=1S/C27H30N2O2/c1-20(2)23-10-8-21(9-11-23)14-16-28-27(30)31-25-12-13-26-24(18-25)15-17-29(26)19-22-6-4-3-5-7-22/h3-13,18,20H,14-17,19H2,1-2H3,(H,28,30). The van der Waals surface area contributed by atoms with Crippen molar-refractivity contribution in [3.05, 3.63) is 95.1 Å². The normalized spacial score (nSPS) is 12.7. The van der Waals surface area contributed by atoms with Crippen LogP contribution < -0.4 is 15.0 Å². The molecule has 0 atom stereocenters. The Kier molecular flexibility index (Phi) is 6.56. The first-order valence-electron chi connectivity index (χ1n) is 11.0. The summed E-state index contributed by atoms with van der Waals surface area (Å²) in [6.45, 7) is 6.80. The molecule has 3 aromatic carbocycles. The third-order valence-corrected chi connectivity index (χ3v) is 5.80. The molecule has 0 bridgehead atoms. The van der Waals surface area contributed by atoms with Crippen LogP contribution in [0.15, 0.2) is 72.8 Å². The minimum absolute atomic E-state index is 0.405. The summed E-state index contributed by atoms with van der Waals surface area (Å²) in [6.07, 6.45) is 1.34. The Labute approximate surface area is 184 Å². The van der Waals surface area contributed by atoms with Crippen LogP contribution in [-0.4, -0.2) is 19.2 Å². The van der Waals surface area contributed by atoms with Crippen LogP contribution in [0, 0.1) is 0 Å². The Morgan fingerprint density at radius 1 is 1.00 bits per heavy atom. The molecule has 1 aliphatic rings. The average molecular weight is 415 g/mol.